The zero-order chi connectivity index (χ0) is 20.6. The Kier molecular flexibility index (Phi) is 6.83. The number of nitrogens with one attached hydrogen (secondary N) is 1. The fraction of sp³-hybridized carbons (Fsp3) is 0.320. The Morgan fingerprint density at radius 3 is 2.13 bits per heavy atom. The monoisotopic (exact) mass is 400 g/mol. The number of aromatic nitrogens is 2. The van der Waals surface area contributed by atoms with Crippen LogP contribution in [-0.2, 0) is 13.1 Å². The molecule has 154 valence electrons. The molecule has 1 saturated heterocycles. The Labute approximate surface area is 178 Å². The molecule has 1 aliphatic rings. The third kappa shape index (κ3) is 5.51. The van der Waals surface area contributed by atoms with Crippen LogP contribution in [0.5, 0.6) is 0 Å². The predicted octanol–water partition coefficient (Wildman–Crippen LogP) is 4.45. The molecule has 0 saturated carbocycles. The minimum Gasteiger partial charge on any atom is -0.348 e. The summed E-state index contributed by atoms with van der Waals surface area (Å²) in [6, 6.07) is 18.3. The first-order valence-electron chi connectivity index (χ1n) is 10.7. The number of amides is 1. The van der Waals surface area contributed by atoms with E-state index in [2.05, 4.69) is 44.5 Å². The van der Waals surface area contributed by atoms with E-state index in [-0.39, 0.29) is 5.91 Å². The van der Waals surface area contributed by atoms with Gasteiger partial charge in [-0.15, -0.1) is 0 Å². The summed E-state index contributed by atoms with van der Waals surface area (Å²) in [5, 5.41) is 2.95. The second-order valence-electron chi connectivity index (χ2n) is 7.85. The lowest BCUT2D eigenvalue weighted by molar-refractivity contribution is 0.0950. The molecule has 3 aromatic rings. The van der Waals surface area contributed by atoms with Crippen LogP contribution in [0.1, 0.15) is 47.2 Å². The van der Waals surface area contributed by atoms with Gasteiger partial charge in [-0.1, -0.05) is 67.4 Å². The summed E-state index contributed by atoms with van der Waals surface area (Å²) < 4.78 is 0. The van der Waals surface area contributed by atoms with E-state index in [0.29, 0.717) is 17.9 Å². The van der Waals surface area contributed by atoms with Crippen molar-refractivity contribution < 1.29 is 4.79 Å². The van der Waals surface area contributed by atoms with Gasteiger partial charge in [-0.3, -0.25) is 9.69 Å². The van der Waals surface area contributed by atoms with Gasteiger partial charge in [-0.2, -0.15) is 0 Å². The minimum absolute atomic E-state index is 0.164. The van der Waals surface area contributed by atoms with Gasteiger partial charge in [-0.25, -0.2) is 9.97 Å². The first-order chi connectivity index (χ1) is 14.8. The molecule has 0 aliphatic carbocycles. The highest BCUT2D eigenvalue weighted by atomic mass is 16.1. The molecule has 1 aromatic heterocycles. The van der Waals surface area contributed by atoms with Gasteiger partial charge in [0.2, 0.25) is 0 Å². The van der Waals surface area contributed by atoms with E-state index in [1.165, 1.54) is 44.3 Å². The van der Waals surface area contributed by atoms with Crippen LogP contribution in [0.3, 0.4) is 0 Å². The summed E-state index contributed by atoms with van der Waals surface area (Å²) >= 11 is 0. The van der Waals surface area contributed by atoms with Gasteiger partial charge < -0.3 is 5.32 Å². The molecule has 1 amide bonds. The molecule has 1 N–H and O–H groups in total. The average Bonchev–Trinajstić information content (AvgIpc) is 3.08. The molecule has 5 heteroatoms. The molecule has 2 heterocycles. The summed E-state index contributed by atoms with van der Waals surface area (Å²) in [5.74, 6) is 0.454. The van der Waals surface area contributed by atoms with Crippen molar-refractivity contribution in [1.82, 2.24) is 20.2 Å². The maximum absolute atomic E-state index is 12.4. The molecule has 2 aromatic carbocycles. The molecule has 0 radical (unpaired) electrons. The molecule has 0 atom stereocenters. The van der Waals surface area contributed by atoms with Crippen molar-refractivity contribution in [2.45, 2.75) is 38.8 Å². The SMILES string of the molecule is O=C(NCc1ccc(CN2CCCCCC2)cc1)c1cnc(-c2ccccc2)nc1. The molecule has 1 aliphatic heterocycles. The lowest BCUT2D eigenvalue weighted by atomic mass is 10.1. The third-order valence-electron chi connectivity index (χ3n) is 5.53. The van der Waals surface area contributed by atoms with E-state index in [9.17, 15) is 4.79 Å². The largest absolute Gasteiger partial charge is 0.348 e. The molecule has 0 spiro atoms. The number of carbonyl (C=O) groups is 1. The maximum Gasteiger partial charge on any atom is 0.254 e. The van der Waals surface area contributed by atoms with Crippen molar-refractivity contribution in [2.24, 2.45) is 0 Å². The molecule has 5 nitrogen and oxygen atoms in total. The molecular weight excluding hydrogens is 372 g/mol. The first-order valence-corrected chi connectivity index (χ1v) is 10.7. The topological polar surface area (TPSA) is 58.1 Å². The quantitative estimate of drug-likeness (QED) is 0.664. The zero-order valence-corrected chi connectivity index (χ0v) is 17.3. The third-order valence-corrected chi connectivity index (χ3v) is 5.53. The Hall–Kier alpha value is -3.05. The Morgan fingerprint density at radius 1 is 0.833 bits per heavy atom. The summed E-state index contributed by atoms with van der Waals surface area (Å²) in [4.78, 5) is 23.6. The van der Waals surface area contributed by atoms with E-state index >= 15 is 0 Å². The highest BCUT2D eigenvalue weighted by Crippen LogP contribution is 2.15. The number of hydrogen-bond acceptors (Lipinski definition) is 4. The lowest BCUT2D eigenvalue weighted by Gasteiger charge is -2.19. The fourth-order valence-corrected chi connectivity index (χ4v) is 3.78. The van der Waals surface area contributed by atoms with Gasteiger partial charge in [0, 0.05) is 31.0 Å². The van der Waals surface area contributed by atoms with Gasteiger partial charge in [0.15, 0.2) is 5.82 Å². The first kappa shape index (κ1) is 20.2. The molecule has 1 fully saturated rings. The molecule has 0 bridgehead atoms. The van der Waals surface area contributed by atoms with Crippen LogP contribution < -0.4 is 5.32 Å². The molecule has 0 unspecified atom stereocenters. The second kappa shape index (κ2) is 10.1. The van der Waals surface area contributed by atoms with Crippen molar-refractivity contribution in [2.75, 3.05) is 13.1 Å². The molecule has 30 heavy (non-hydrogen) atoms. The van der Waals surface area contributed by atoms with Crippen molar-refractivity contribution in [1.29, 1.82) is 0 Å². The van der Waals surface area contributed by atoms with Crippen LogP contribution >= 0.6 is 0 Å². The van der Waals surface area contributed by atoms with Crippen LogP contribution in [0.4, 0.5) is 0 Å². The number of carbonyl (C=O) groups excluding carboxylic acids is 1. The summed E-state index contributed by atoms with van der Waals surface area (Å²) in [7, 11) is 0. The predicted molar refractivity (Wildman–Crippen MR) is 119 cm³/mol. The van der Waals surface area contributed by atoms with Crippen molar-refractivity contribution in [3.63, 3.8) is 0 Å². The van der Waals surface area contributed by atoms with Crippen LogP contribution in [0.25, 0.3) is 11.4 Å². The average molecular weight is 401 g/mol. The van der Waals surface area contributed by atoms with E-state index in [1.54, 1.807) is 12.4 Å². The van der Waals surface area contributed by atoms with Gasteiger partial charge in [0.05, 0.1) is 5.56 Å². The highest BCUT2D eigenvalue weighted by Gasteiger charge is 2.10. The van der Waals surface area contributed by atoms with E-state index < -0.39 is 0 Å². The van der Waals surface area contributed by atoms with Crippen molar-refractivity contribution in [3.05, 3.63) is 83.7 Å². The highest BCUT2D eigenvalue weighted by molar-refractivity contribution is 5.93. The number of likely N-dealkylation sites (tertiary alicyclic amines) is 1. The minimum atomic E-state index is -0.164. The zero-order valence-electron chi connectivity index (χ0n) is 17.3. The number of hydrogen-bond donors (Lipinski definition) is 1. The summed E-state index contributed by atoms with van der Waals surface area (Å²) in [5.41, 5.74) is 3.82. The van der Waals surface area contributed by atoms with Gasteiger partial charge in [0.25, 0.3) is 5.91 Å². The van der Waals surface area contributed by atoms with Crippen LogP contribution in [0.15, 0.2) is 67.0 Å². The number of benzene rings is 2. The van der Waals surface area contributed by atoms with Crippen LogP contribution in [-0.4, -0.2) is 33.9 Å². The van der Waals surface area contributed by atoms with Gasteiger partial charge in [0.1, 0.15) is 0 Å². The maximum atomic E-state index is 12.4. The Balaban J connectivity index is 1.29. The van der Waals surface area contributed by atoms with Gasteiger partial charge >= 0.3 is 0 Å². The Bertz CT molecular complexity index is 931. The molecule has 4 rings (SSSR count). The van der Waals surface area contributed by atoms with E-state index in [1.807, 2.05) is 30.3 Å². The fourth-order valence-electron chi connectivity index (χ4n) is 3.78. The smallest absolute Gasteiger partial charge is 0.254 e. The summed E-state index contributed by atoms with van der Waals surface area (Å²) in [6.45, 7) is 3.90. The van der Waals surface area contributed by atoms with Gasteiger partial charge in [-0.05, 0) is 37.1 Å². The van der Waals surface area contributed by atoms with E-state index in [4.69, 9.17) is 0 Å². The lowest BCUT2D eigenvalue weighted by Crippen LogP contribution is -2.24. The standard InChI is InChI=1S/C25H28N4O/c30-25(23-17-26-24(27-18-23)22-8-4-3-5-9-22)28-16-20-10-12-21(13-11-20)19-29-14-6-1-2-7-15-29/h3-5,8-13,17-18H,1-2,6-7,14-16,19H2,(H,28,30). The molecular formula is C25H28N4O. The van der Waals surface area contributed by atoms with Crippen LogP contribution in [0.2, 0.25) is 0 Å². The van der Waals surface area contributed by atoms with Crippen molar-refractivity contribution >= 4 is 5.91 Å². The van der Waals surface area contributed by atoms with E-state index in [0.717, 1.165) is 17.7 Å². The number of nitrogens with zero attached hydrogens (tertiary/aromatic N) is 3. The van der Waals surface area contributed by atoms with Crippen LogP contribution in [0, 0.1) is 0 Å². The Morgan fingerprint density at radius 2 is 1.47 bits per heavy atom. The number of rotatable bonds is 6. The second-order valence-corrected chi connectivity index (χ2v) is 7.85. The summed E-state index contributed by atoms with van der Waals surface area (Å²) in [6.07, 6.45) is 8.48. The van der Waals surface area contributed by atoms with Crippen molar-refractivity contribution in [3.8, 4) is 11.4 Å². The normalized spacial score (nSPS) is 14.8.